The third-order valence-electron chi connectivity index (χ3n) is 3.79. The molecule has 0 aromatic heterocycles. The number of hydrogen-bond donors (Lipinski definition) is 0. The molecule has 0 spiro atoms. The van der Waals surface area contributed by atoms with Crippen molar-refractivity contribution in [2.24, 2.45) is 0 Å². The number of rotatable bonds is 6. The van der Waals surface area contributed by atoms with Gasteiger partial charge in [-0.3, -0.25) is 0 Å². The maximum absolute atomic E-state index is 6.92. The standard InChI is InChI=1S/C16H25NOSSi/c1-16(2,3)20(5,6)18-12-7-13-19-15-10-8-14(17-4)9-11-15/h8-11H,7,12-13H2,1-3,5-6H3. The average Bonchev–Trinajstić information content (AvgIpc) is 2.37. The highest BCUT2D eigenvalue weighted by atomic mass is 32.2. The fourth-order valence-electron chi connectivity index (χ4n) is 1.41. The van der Waals surface area contributed by atoms with E-state index < -0.39 is 8.32 Å². The maximum Gasteiger partial charge on any atom is 0.191 e. The Morgan fingerprint density at radius 3 is 2.30 bits per heavy atom. The van der Waals surface area contributed by atoms with E-state index in [-0.39, 0.29) is 5.04 Å². The molecule has 0 heterocycles. The SMILES string of the molecule is [C-]#[N+]c1ccc(SCCCO[Si](C)(C)C(C)(C)C)cc1. The van der Waals surface area contributed by atoms with Crippen LogP contribution in [0, 0.1) is 6.57 Å². The van der Waals surface area contributed by atoms with E-state index >= 15 is 0 Å². The number of benzene rings is 1. The highest BCUT2D eigenvalue weighted by Gasteiger charge is 2.36. The van der Waals surface area contributed by atoms with Crippen LogP contribution in [0.2, 0.25) is 18.1 Å². The minimum absolute atomic E-state index is 0.287. The van der Waals surface area contributed by atoms with E-state index in [1.165, 1.54) is 4.90 Å². The normalized spacial score (nSPS) is 12.2. The smallest absolute Gasteiger partial charge is 0.191 e. The first-order chi connectivity index (χ1) is 9.26. The van der Waals surface area contributed by atoms with E-state index in [4.69, 9.17) is 11.0 Å². The van der Waals surface area contributed by atoms with Gasteiger partial charge < -0.3 is 4.43 Å². The molecule has 0 radical (unpaired) electrons. The van der Waals surface area contributed by atoms with Crippen LogP contribution in [0.3, 0.4) is 0 Å². The molecule has 1 aromatic carbocycles. The van der Waals surface area contributed by atoms with Gasteiger partial charge in [-0.1, -0.05) is 45.0 Å². The summed E-state index contributed by atoms with van der Waals surface area (Å²) in [5, 5.41) is 0.287. The van der Waals surface area contributed by atoms with Gasteiger partial charge in [0.1, 0.15) is 0 Å². The predicted octanol–water partition coefficient (Wildman–Crippen LogP) is 5.74. The largest absolute Gasteiger partial charge is 0.417 e. The first-order valence-corrected chi connectivity index (χ1v) is 10.9. The lowest BCUT2D eigenvalue weighted by molar-refractivity contribution is 0.289. The molecule has 0 saturated carbocycles. The molecule has 0 unspecified atom stereocenters. The van der Waals surface area contributed by atoms with Gasteiger partial charge >= 0.3 is 0 Å². The van der Waals surface area contributed by atoms with Crippen LogP contribution in [0.4, 0.5) is 5.69 Å². The van der Waals surface area contributed by atoms with Crippen molar-refractivity contribution in [1.29, 1.82) is 0 Å². The van der Waals surface area contributed by atoms with Gasteiger partial charge in [0.15, 0.2) is 14.0 Å². The summed E-state index contributed by atoms with van der Waals surface area (Å²) in [4.78, 5) is 4.62. The van der Waals surface area contributed by atoms with Crippen molar-refractivity contribution in [2.45, 2.75) is 50.2 Å². The lowest BCUT2D eigenvalue weighted by atomic mass is 10.2. The Hall–Kier alpha value is -0.763. The third-order valence-corrected chi connectivity index (χ3v) is 9.43. The molecule has 0 N–H and O–H groups in total. The molecule has 0 atom stereocenters. The van der Waals surface area contributed by atoms with Crippen molar-refractivity contribution in [3.8, 4) is 0 Å². The van der Waals surface area contributed by atoms with Gasteiger partial charge in [0.05, 0.1) is 6.57 Å². The molecule has 4 heteroatoms. The van der Waals surface area contributed by atoms with Gasteiger partial charge in [0.25, 0.3) is 0 Å². The highest BCUT2D eigenvalue weighted by molar-refractivity contribution is 7.99. The van der Waals surface area contributed by atoms with Crippen LogP contribution in [-0.2, 0) is 4.43 Å². The second-order valence-corrected chi connectivity index (χ2v) is 12.4. The van der Waals surface area contributed by atoms with E-state index in [1.807, 2.05) is 36.0 Å². The molecular weight excluding hydrogens is 282 g/mol. The number of thioether (sulfide) groups is 1. The lowest BCUT2D eigenvalue weighted by Gasteiger charge is -2.36. The molecule has 0 fully saturated rings. The molecule has 1 rings (SSSR count). The summed E-state index contributed by atoms with van der Waals surface area (Å²) in [6.07, 6.45) is 1.07. The summed E-state index contributed by atoms with van der Waals surface area (Å²) < 4.78 is 6.15. The van der Waals surface area contributed by atoms with E-state index in [9.17, 15) is 0 Å². The zero-order valence-corrected chi connectivity index (χ0v) is 15.0. The molecule has 0 saturated heterocycles. The summed E-state index contributed by atoms with van der Waals surface area (Å²) >= 11 is 1.83. The molecule has 0 aliphatic rings. The quantitative estimate of drug-likeness (QED) is 0.288. The van der Waals surface area contributed by atoms with Crippen LogP contribution in [0.5, 0.6) is 0 Å². The molecule has 0 amide bonds. The Kier molecular flexibility index (Phi) is 6.31. The molecular formula is C16H25NOSSi. The topological polar surface area (TPSA) is 13.6 Å². The van der Waals surface area contributed by atoms with E-state index in [0.717, 1.165) is 18.8 Å². The second-order valence-electron chi connectivity index (χ2n) is 6.42. The van der Waals surface area contributed by atoms with Crippen molar-refractivity contribution in [3.63, 3.8) is 0 Å². The number of nitrogens with zero attached hydrogens (tertiary/aromatic N) is 1. The van der Waals surface area contributed by atoms with Gasteiger partial charge in [0, 0.05) is 17.3 Å². The molecule has 20 heavy (non-hydrogen) atoms. The van der Waals surface area contributed by atoms with Crippen LogP contribution in [0.25, 0.3) is 4.85 Å². The Bertz CT molecular complexity index is 457. The molecule has 110 valence electrons. The number of hydrogen-bond acceptors (Lipinski definition) is 2. The summed E-state index contributed by atoms with van der Waals surface area (Å²) in [6.45, 7) is 19.2. The Morgan fingerprint density at radius 2 is 1.80 bits per heavy atom. The van der Waals surface area contributed by atoms with Gasteiger partial charge in [0.2, 0.25) is 0 Å². The van der Waals surface area contributed by atoms with E-state index in [2.05, 4.69) is 38.7 Å². The van der Waals surface area contributed by atoms with E-state index in [1.54, 1.807) is 0 Å². The van der Waals surface area contributed by atoms with Crippen molar-refractivity contribution < 1.29 is 4.43 Å². The van der Waals surface area contributed by atoms with Crippen LogP contribution in [0.15, 0.2) is 29.2 Å². The van der Waals surface area contributed by atoms with Gasteiger partial charge in [-0.05, 0) is 24.6 Å². The Labute approximate surface area is 128 Å². The fraction of sp³-hybridized carbons (Fsp3) is 0.562. The van der Waals surface area contributed by atoms with Crippen molar-refractivity contribution in [3.05, 3.63) is 35.7 Å². The van der Waals surface area contributed by atoms with E-state index in [0.29, 0.717) is 5.69 Å². The minimum Gasteiger partial charge on any atom is -0.417 e. The van der Waals surface area contributed by atoms with Crippen molar-refractivity contribution in [1.82, 2.24) is 0 Å². The van der Waals surface area contributed by atoms with Gasteiger partial charge in [-0.25, -0.2) is 4.85 Å². The lowest BCUT2D eigenvalue weighted by Crippen LogP contribution is -2.41. The van der Waals surface area contributed by atoms with Crippen LogP contribution < -0.4 is 0 Å². The molecule has 1 aromatic rings. The molecule has 2 nitrogen and oxygen atoms in total. The zero-order chi connectivity index (χ0) is 15.2. The maximum atomic E-state index is 6.92. The fourth-order valence-corrected chi connectivity index (χ4v) is 3.32. The Morgan fingerprint density at radius 1 is 1.20 bits per heavy atom. The summed E-state index contributed by atoms with van der Waals surface area (Å²) in [5.74, 6) is 1.06. The monoisotopic (exact) mass is 307 g/mol. The van der Waals surface area contributed by atoms with Crippen LogP contribution in [-0.4, -0.2) is 20.7 Å². The Balaban J connectivity index is 2.27. The third kappa shape index (κ3) is 5.32. The molecule has 0 bridgehead atoms. The second kappa shape index (κ2) is 7.30. The summed E-state index contributed by atoms with van der Waals surface area (Å²) in [6, 6.07) is 7.79. The van der Waals surface area contributed by atoms with Crippen molar-refractivity contribution >= 4 is 25.8 Å². The van der Waals surface area contributed by atoms with Gasteiger partial charge in [-0.15, -0.1) is 11.8 Å². The first-order valence-electron chi connectivity index (χ1n) is 7.00. The molecule has 0 aliphatic heterocycles. The minimum atomic E-state index is -1.59. The molecule has 0 aliphatic carbocycles. The summed E-state index contributed by atoms with van der Waals surface area (Å²) in [7, 11) is -1.59. The first kappa shape index (κ1) is 17.3. The van der Waals surface area contributed by atoms with Gasteiger partial charge in [-0.2, -0.15) is 0 Å². The zero-order valence-electron chi connectivity index (χ0n) is 13.2. The van der Waals surface area contributed by atoms with Crippen LogP contribution in [0.1, 0.15) is 27.2 Å². The highest BCUT2D eigenvalue weighted by Crippen LogP contribution is 2.36. The summed E-state index contributed by atoms with van der Waals surface area (Å²) in [5.41, 5.74) is 0.704. The van der Waals surface area contributed by atoms with Crippen LogP contribution >= 0.6 is 11.8 Å². The average molecular weight is 308 g/mol. The predicted molar refractivity (Wildman–Crippen MR) is 91.2 cm³/mol. The van der Waals surface area contributed by atoms with Crippen molar-refractivity contribution in [2.75, 3.05) is 12.4 Å².